The molecule has 2 aromatic heterocycles. The van der Waals surface area contributed by atoms with Gasteiger partial charge in [-0.25, -0.2) is 9.59 Å². The summed E-state index contributed by atoms with van der Waals surface area (Å²) < 4.78 is 9.78. The number of hydrogen-bond donors (Lipinski definition) is 2. The van der Waals surface area contributed by atoms with Crippen molar-refractivity contribution < 1.29 is 38.2 Å². The molecule has 0 radical (unpaired) electrons. The number of carbonyl (C=O) groups excluding carboxylic acids is 6. The van der Waals surface area contributed by atoms with E-state index in [0.29, 0.717) is 59.9 Å². The van der Waals surface area contributed by atoms with Crippen LogP contribution in [-0.2, 0) is 19.1 Å². The van der Waals surface area contributed by atoms with Gasteiger partial charge in [0.1, 0.15) is 10.0 Å². The first-order valence-corrected chi connectivity index (χ1v) is 16.1. The lowest BCUT2D eigenvalue weighted by Crippen LogP contribution is -2.30. The molecule has 0 aromatic carbocycles. The van der Waals surface area contributed by atoms with Crippen molar-refractivity contribution in [2.45, 2.75) is 67.2 Å². The summed E-state index contributed by atoms with van der Waals surface area (Å²) in [5, 5.41) is 5.95. The van der Waals surface area contributed by atoms with E-state index < -0.39 is 11.9 Å². The first kappa shape index (κ1) is 36.4. The molecular weight excluding hydrogens is 608 g/mol. The lowest BCUT2D eigenvalue weighted by Gasteiger charge is -2.17. The molecule has 0 bridgehead atoms. The van der Waals surface area contributed by atoms with E-state index in [2.05, 4.69) is 10.6 Å². The standard InChI is InChI=1S/C30H42N4O8S2/c1-9-33(10-2)27(37)23-17(5)21(29(39)41-7)25(43-23)31-19(35)15-13-14-16-20(36)32-26-22(30(40)42-8)18(6)24(44-26)28(38)34(11-3)12-4/h9-16H2,1-8H3,(H,31,35)(H,32,36). The van der Waals surface area contributed by atoms with Gasteiger partial charge in [-0.3, -0.25) is 19.2 Å². The summed E-state index contributed by atoms with van der Waals surface area (Å²) in [7, 11) is 2.47. The molecule has 0 atom stereocenters. The molecule has 2 heterocycles. The van der Waals surface area contributed by atoms with Crippen LogP contribution in [0.1, 0.15) is 105 Å². The van der Waals surface area contributed by atoms with Crippen molar-refractivity contribution in [3.05, 3.63) is 32.0 Å². The third kappa shape index (κ3) is 8.44. The van der Waals surface area contributed by atoms with Gasteiger partial charge in [0, 0.05) is 39.0 Å². The Morgan fingerprint density at radius 1 is 0.614 bits per heavy atom. The summed E-state index contributed by atoms with van der Waals surface area (Å²) in [6.45, 7) is 12.7. The molecule has 0 fully saturated rings. The molecule has 4 amide bonds. The maximum atomic E-state index is 13.0. The summed E-state index contributed by atoms with van der Waals surface area (Å²) in [5.41, 5.74) is 1.19. The zero-order valence-corrected chi connectivity index (χ0v) is 28.3. The second-order valence-corrected chi connectivity index (χ2v) is 11.8. The van der Waals surface area contributed by atoms with Gasteiger partial charge in [0.2, 0.25) is 11.8 Å². The molecule has 2 N–H and O–H groups in total. The van der Waals surface area contributed by atoms with E-state index in [-0.39, 0.29) is 57.6 Å². The zero-order valence-electron chi connectivity index (χ0n) is 26.6. The van der Waals surface area contributed by atoms with E-state index >= 15 is 0 Å². The maximum absolute atomic E-state index is 13.0. The second kappa shape index (κ2) is 16.9. The zero-order chi connectivity index (χ0) is 33.1. The fourth-order valence-corrected chi connectivity index (χ4v) is 6.92. The molecule has 2 aromatic rings. The van der Waals surface area contributed by atoms with Crippen molar-refractivity contribution >= 4 is 68.2 Å². The number of nitrogens with one attached hydrogen (secondary N) is 2. The molecule has 0 spiro atoms. The van der Waals surface area contributed by atoms with Crippen molar-refractivity contribution in [1.29, 1.82) is 0 Å². The number of methoxy groups -OCH3 is 2. The summed E-state index contributed by atoms with van der Waals surface area (Å²) in [4.78, 5) is 80.4. The first-order chi connectivity index (χ1) is 20.9. The SMILES string of the molecule is CCN(CC)C(=O)c1sc(NC(=O)CCCCC(=O)Nc2sc(C(=O)N(CC)CC)c(C)c2C(=O)OC)c(C(=O)OC)c1C. The second-order valence-electron chi connectivity index (χ2n) is 9.76. The molecule has 14 heteroatoms. The Hall–Kier alpha value is -3.78. The van der Waals surface area contributed by atoms with E-state index in [0.717, 1.165) is 22.7 Å². The molecule has 44 heavy (non-hydrogen) atoms. The Labute approximate surface area is 266 Å². The number of anilines is 2. The van der Waals surface area contributed by atoms with Crippen LogP contribution in [0, 0.1) is 13.8 Å². The molecule has 0 aliphatic rings. The number of thiophene rings is 2. The minimum atomic E-state index is -0.651. The Morgan fingerprint density at radius 3 is 1.20 bits per heavy atom. The summed E-state index contributed by atoms with van der Waals surface area (Å²) in [5.74, 6) is -2.51. The fraction of sp³-hybridized carbons (Fsp3) is 0.533. The minimum absolute atomic E-state index is 0.0677. The molecule has 0 aliphatic heterocycles. The van der Waals surface area contributed by atoms with Crippen LogP contribution in [0.25, 0.3) is 0 Å². The Kier molecular flexibility index (Phi) is 14.0. The van der Waals surface area contributed by atoms with Gasteiger partial charge in [0.05, 0.1) is 35.1 Å². The third-order valence-corrected chi connectivity index (χ3v) is 9.52. The Bertz CT molecular complexity index is 1290. The van der Waals surface area contributed by atoms with Crippen molar-refractivity contribution in [3.63, 3.8) is 0 Å². The summed E-state index contributed by atoms with van der Waals surface area (Å²) >= 11 is 2.07. The fourth-order valence-electron chi connectivity index (χ4n) is 4.57. The van der Waals surface area contributed by atoms with E-state index in [1.807, 2.05) is 27.7 Å². The highest BCUT2D eigenvalue weighted by atomic mass is 32.1. The smallest absolute Gasteiger partial charge is 0.341 e. The lowest BCUT2D eigenvalue weighted by molar-refractivity contribution is -0.118. The predicted octanol–water partition coefficient (Wildman–Crippen LogP) is 5.10. The van der Waals surface area contributed by atoms with Crippen LogP contribution in [0.4, 0.5) is 10.0 Å². The molecular formula is C30H42N4O8S2. The Morgan fingerprint density at radius 2 is 0.932 bits per heavy atom. The van der Waals surface area contributed by atoms with E-state index in [1.165, 1.54) is 14.2 Å². The van der Waals surface area contributed by atoms with Crippen LogP contribution in [0.15, 0.2) is 0 Å². The van der Waals surface area contributed by atoms with Crippen LogP contribution >= 0.6 is 22.7 Å². The van der Waals surface area contributed by atoms with Crippen molar-refractivity contribution in [2.24, 2.45) is 0 Å². The van der Waals surface area contributed by atoms with Gasteiger partial charge in [-0.15, -0.1) is 22.7 Å². The topological polar surface area (TPSA) is 151 Å². The van der Waals surface area contributed by atoms with Gasteiger partial charge in [-0.05, 0) is 65.5 Å². The lowest BCUT2D eigenvalue weighted by atomic mass is 10.1. The molecule has 2 rings (SSSR count). The van der Waals surface area contributed by atoms with Gasteiger partial charge in [-0.2, -0.15) is 0 Å². The van der Waals surface area contributed by atoms with Crippen LogP contribution < -0.4 is 10.6 Å². The number of ether oxygens (including phenoxy) is 2. The molecule has 0 saturated carbocycles. The average Bonchev–Trinajstić information content (AvgIpc) is 3.50. The number of nitrogens with zero attached hydrogens (tertiary/aromatic N) is 2. The van der Waals surface area contributed by atoms with E-state index in [4.69, 9.17) is 9.47 Å². The largest absolute Gasteiger partial charge is 0.465 e. The number of amides is 4. The number of hydrogen-bond acceptors (Lipinski definition) is 10. The van der Waals surface area contributed by atoms with Crippen molar-refractivity contribution in [3.8, 4) is 0 Å². The number of carbonyl (C=O) groups is 6. The molecule has 12 nitrogen and oxygen atoms in total. The van der Waals surface area contributed by atoms with Gasteiger partial charge in [0.15, 0.2) is 0 Å². The van der Waals surface area contributed by atoms with Gasteiger partial charge < -0.3 is 29.9 Å². The normalized spacial score (nSPS) is 10.6. The minimum Gasteiger partial charge on any atom is -0.465 e. The molecule has 0 aliphatic carbocycles. The highest BCUT2D eigenvalue weighted by Crippen LogP contribution is 2.36. The summed E-state index contributed by atoms with van der Waals surface area (Å²) in [6, 6.07) is 0. The number of unbranched alkanes of at least 4 members (excludes halogenated alkanes) is 1. The van der Waals surface area contributed by atoms with E-state index in [1.54, 1.807) is 23.6 Å². The van der Waals surface area contributed by atoms with Crippen LogP contribution in [0.3, 0.4) is 0 Å². The Balaban J connectivity index is 2.07. The number of esters is 2. The third-order valence-electron chi connectivity index (χ3n) is 7.13. The van der Waals surface area contributed by atoms with Gasteiger partial charge in [-0.1, -0.05) is 0 Å². The quantitative estimate of drug-likeness (QED) is 0.200. The van der Waals surface area contributed by atoms with Crippen LogP contribution in [0.5, 0.6) is 0 Å². The highest BCUT2D eigenvalue weighted by Gasteiger charge is 2.29. The van der Waals surface area contributed by atoms with Crippen molar-refractivity contribution in [2.75, 3.05) is 51.0 Å². The molecule has 0 unspecified atom stereocenters. The molecule has 0 saturated heterocycles. The first-order valence-electron chi connectivity index (χ1n) is 14.5. The molecule has 242 valence electrons. The monoisotopic (exact) mass is 650 g/mol. The van der Waals surface area contributed by atoms with Crippen LogP contribution in [-0.4, -0.2) is 85.8 Å². The van der Waals surface area contributed by atoms with Crippen LogP contribution in [0.2, 0.25) is 0 Å². The maximum Gasteiger partial charge on any atom is 0.341 e. The van der Waals surface area contributed by atoms with E-state index in [9.17, 15) is 28.8 Å². The average molecular weight is 651 g/mol. The van der Waals surface area contributed by atoms with Gasteiger partial charge >= 0.3 is 11.9 Å². The van der Waals surface area contributed by atoms with Gasteiger partial charge in [0.25, 0.3) is 11.8 Å². The highest BCUT2D eigenvalue weighted by molar-refractivity contribution is 7.19. The number of rotatable bonds is 15. The van der Waals surface area contributed by atoms with Crippen molar-refractivity contribution in [1.82, 2.24) is 9.80 Å². The predicted molar refractivity (Wildman–Crippen MR) is 171 cm³/mol. The summed E-state index contributed by atoms with van der Waals surface area (Å²) in [6.07, 6.45) is 0.860.